The molecule has 2 bridgehead atoms. The van der Waals surface area contributed by atoms with Crippen LogP contribution in [-0.2, 0) is 16.1 Å². The number of hydrogen-bond acceptors (Lipinski definition) is 11. The lowest BCUT2D eigenvalue weighted by Gasteiger charge is -2.41. The molecule has 4 atom stereocenters. The third-order valence-corrected chi connectivity index (χ3v) is 13.4. The molecular weight excluding hydrogens is 826 g/mol. The van der Waals surface area contributed by atoms with Crippen LogP contribution in [0.25, 0.3) is 32.9 Å². The largest absolute Gasteiger partial charge is 0.508 e. The van der Waals surface area contributed by atoms with Gasteiger partial charge in [0.2, 0.25) is 0 Å². The minimum Gasteiger partial charge on any atom is -0.508 e. The summed E-state index contributed by atoms with van der Waals surface area (Å²) in [5.41, 5.74) is -0.133. The van der Waals surface area contributed by atoms with Crippen molar-refractivity contribution in [2.75, 3.05) is 37.7 Å². The maximum absolute atomic E-state index is 17.2. The van der Waals surface area contributed by atoms with Crippen LogP contribution in [0, 0.1) is 29.9 Å². The number of alkyl halides is 1. The van der Waals surface area contributed by atoms with Gasteiger partial charge in [-0.2, -0.15) is 9.97 Å². The highest BCUT2D eigenvalue weighted by atomic mass is 19.1. The van der Waals surface area contributed by atoms with Crippen molar-refractivity contribution in [3.63, 3.8) is 0 Å². The van der Waals surface area contributed by atoms with Crippen molar-refractivity contribution in [1.29, 1.82) is 0 Å². The zero-order chi connectivity index (χ0) is 44.7. The van der Waals surface area contributed by atoms with Crippen molar-refractivity contribution >= 4 is 39.6 Å². The fraction of sp³-hybridized carbons (Fsp3) is 0.449. The fourth-order valence-electron chi connectivity index (χ4n) is 10.4. The number of hydrogen-bond donors (Lipinski definition) is 1. The molecule has 5 aromatic rings. The summed E-state index contributed by atoms with van der Waals surface area (Å²) in [6, 6.07) is 11.7. The van der Waals surface area contributed by atoms with Crippen molar-refractivity contribution in [2.24, 2.45) is 5.92 Å². The second kappa shape index (κ2) is 17.8. The Morgan fingerprint density at radius 3 is 2.48 bits per heavy atom. The SMILES string of the molecule is C#Cc1c(F)ccc2cc(O)cc(-c3ncc4c(N5CC6CCC(C5)N6C(=O)OCc5ccc(OC(=O)C(CCC)CCC)cc5)nc(OC[C@@]56CCCN5C[C@H](F)C6)nc4c3F)c12. The molecule has 0 aliphatic carbocycles. The molecule has 4 saturated heterocycles. The van der Waals surface area contributed by atoms with Gasteiger partial charge in [0.1, 0.15) is 53.7 Å². The van der Waals surface area contributed by atoms with Crippen LogP contribution >= 0.6 is 0 Å². The smallest absolute Gasteiger partial charge is 0.410 e. The summed E-state index contributed by atoms with van der Waals surface area (Å²) in [7, 11) is 0. The minimum atomic E-state index is -0.984. The maximum atomic E-state index is 17.2. The van der Waals surface area contributed by atoms with Gasteiger partial charge in [0.25, 0.3) is 0 Å². The number of nitrogens with zero attached hydrogens (tertiary/aromatic N) is 6. The summed E-state index contributed by atoms with van der Waals surface area (Å²) in [5, 5.41) is 11.6. The number of fused-ring (bicyclic) bond motifs is 5. The molecule has 1 N–H and O–H groups in total. The van der Waals surface area contributed by atoms with Gasteiger partial charge >= 0.3 is 18.1 Å². The standard InChI is InChI=1S/C49H51F3N6O6/c1-4-8-30(9-5-2)46(60)64-36-15-10-29(11-16-36)27-62-48(61)58-33-13-14-34(58)26-56(25-33)45-39-23-53-43(38-21-35(59)20-31-12-17-40(51)37(6-3)41(31)38)42(52)44(39)54-47(55-45)63-28-49-18-7-19-57(49)24-32(50)22-49/h3,10-12,15-17,20-21,23,30,32-34,59H,4-5,7-9,13-14,18-19,22,24-28H2,1-2H3/t32-,33?,34?,49+/m1/s1. The van der Waals surface area contributed by atoms with Crippen LogP contribution in [-0.4, -0.2) is 98.5 Å². The Hall–Kier alpha value is -6.14. The van der Waals surface area contributed by atoms with Gasteiger partial charge in [-0.15, -0.1) is 6.42 Å². The summed E-state index contributed by atoms with van der Waals surface area (Å²) >= 11 is 0. The molecule has 3 aromatic carbocycles. The van der Waals surface area contributed by atoms with E-state index < -0.39 is 29.4 Å². The molecule has 0 spiro atoms. The number of aromatic nitrogens is 3. The van der Waals surface area contributed by atoms with Crippen LogP contribution in [0.4, 0.5) is 23.8 Å². The average molecular weight is 877 g/mol. The van der Waals surface area contributed by atoms with Crippen LogP contribution in [0.15, 0.2) is 54.7 Å². The van der Waals surface area contributed by atoms with Gasteiger partial charge < -0.3 is 24.2 Å². The van der Waals surface area contributed by atoms with Crippen LogP contribution < -0.4 is 14.4 Å². The monoisotopic (exact) mass is 876 g/mol. The zero-order valence-corrected chi connectivity index (χ0v) is 36.0. The van der Waals surface area contributed by atoms with Gasteiger partial charge in [0.05, 0.1) is 34.5 Å². The molecular formula is C49H51F3N6O6. The Labute approximate surface area is 369 Å². The molecule has 2 aromatic heterocycles. The number of terminal acetylenes is 1. The molecule has 6 heterocycles. The fourth-order valence-corrected chi connectivity index (χ4v) is 10.4. The number of ether oxygens (including phenoxy) is 3. The van der Waals surface area contributed by atoms with Crippen LogP contribution in [0.1, 0.15) is 82.8 Å². The number of esters is 1. The molecule has 2 unspecified atom stereocenters. The highest BCUT2D eigenvalue weighted by Gasteiger charge is 2.50. The highest BCUT2D eigenvalue weighted by Crippen LogP contribution is 2.43. The topological polar surface area (TPSA) is 130 Å². The van der Waals surface area contributed by atoms with Gasteiger partial charge in [-0.1, -0.05) is 50.8 Å². The molecule has 64 heavy (non-hydrogen) atoms. The summed E-state index contributed by atoms with van der Waals surface area (Å²) in [6.07, 6.45) is 12.5. The third-order valence-electron chi connectivity index (χ3n) is 13.4. The summed E-state index contributed by atoms with van der Waals surface area (Å²) in [6.45, 7) is 6.01. The van der Waals surface area contributed by atoms with Gasteiger partial charge in [0, 0.05) is 43.2 Å². The van der Waals surface area contributed by atoms with Crippen molar-refractivity contribution in [1.82, 2.24) is 24.8 Å². The van der Waals surface area contributed by atoms with Crippen molar-refractivity contribution in [3.8, 4) is 41.1 Å². The first-order valence-electron chi connectivity index (χ1n) is 22.3. The van der Waals surface area contributed by atoms with E-state index in [0.29, 0.717) is 55.9 Å². The van der Waals surface area contributed by atoms with Gasteiger partial charge in [-0.05, 0) is 86.4 Å². The van der Waals surface area contributed by atoms with Crippen LogP contribution in [0.5, 0.6) is 17.5 Å². The Morgan fingerprint density at radius 1 is 1.02 bits per heavy atom. The number of carbonyl (C=O) groups excluding carboxylic acids is 2. The number of pyridine rings is 1. The summed E-state index contributed by atoms with van der Waals surface area (Å²) in [4.78, 5) is 46.3. The van der Waals surface area contributed by atoms with E-state index in [2.05, 4.69) is 20.8 Å². The molecule has 4 fully saturated rings. The number of rotatable bonds is 13. The number of halogens is 3. The number of phenols is 1. The summed E-state index contributed by atoms with van der Waals surface area (Å²) < 4.78 is 64.8. The Balaban J connectivity index is 0.979. The molecule has 0 saturated carbocycles. The van der Waals surface area contributed by atoms with Gasteiger partial charge in [-0.25, -0.2) is 18.0 Å². The van der Waals surface area contributed by atoms with E-state index in [1.807, 2.05) is 18.7 Å². The van der Waals surface area contributed by atoms with E-state index in [9.17, 15) is 19.1 Å². The molecule has 334 valence electrons. The van der Waals surface area contributed by atoms with Crippen molar-refractivity contribution < 1.29 is 42.1 Å². The molecule has 0 radical (unpaired) electrons. The first-order chi connectivity index (χ1) is 31.0. The molecule has 4 aliphatic rings. The molecule has 9 rings (SSSR count). The zero-order valence-electron chi connectivity index (χ0n) is 36.0. The average Bonchev–Trinajstić information content (AvgIpc) is 3.91. The molecule has 4 aliphatic heterocycles. The lowest BCUT2D eigenvalue weighted by molar-refractivity contribution is -0.139. The predicted molar refractivity (Wildman–Crippen MR) is 235 cm³/mol. The van der Waals surface area contributed by atoms with Gasteiger partial charge in [0.15, 0.2) is 5.82 Å². The third kappa shape index (κ3) is 8.12. The number of aromatic hydroxyl groups is 1. The molecule has 1 amide bonds. The van der Waals surface area contributed by atoms with E-state index in [1.165, 1.54) is 30.5 Å². The van der Waals surface area contributed by atoms with Crippen molar-refractivity contribution in [3.05, 3.63) is 77.5 Å². The minimum absolute atomic E-state index is 0.0254. The van der Waals surface area contributed by atoms with E-state index in [0.717, 1.165) is 50.6 Å². The van der Waals surface area contributed by atoms with Crippen LogP contribution in [0.2, 0.25) is 0 Å². The number of amides is 1. The predicted octanol–water partition coefficient (Wildman–Crippen LogP) is 8.88. The maximum Gasteiger partial charge on any atom is 0.410 e. The molecule has 15 heteroatoms. The number of anilines is 1. The van der Waals surface area contributed by atoms with Gasteiger partial charge in [-0.3, -0.25) is 19.6 Å². The number of carbonyl (C=O) groups is 2. The number of phenolic OH excluding ortho intramolecular Hbond substituents is 1. The highest BCUT2D eigenvalue weighted by molar-refractivity contribution is 6.03. The first-order valence-corrected chi connectivity index (χ1v) is 22.3. The number of benzene rings is 3. The van der Waals surface area contributed by atoms with Crippen molar-refractivity contribution in [2.45, 2.75) is 102 Å². The lowest BCUT2D eigenvalue weighted by atomic mass is 9.95. The quantitative estimate of drug-likeness (QED) is 0.0692. The normalized spacial score (nSPS) is 21.7. The molecule has 12 nitrogen and oxygen atoms in total. The second-order valence-corrected chi connectivity index (χ2v) is 17.6. The Morgan fingerprint density at radius 2 is 1.77 bits per heavy atom. The van der Waals surface area contributed by atoms with Crippen LogP contribution in [0.3, 0.4) is 0 Å². The van der Waals surface area contributed by atoms with E-state index in [4.69, 9.17) is 25.6 Å². The summed E-state index contributed by atoms with van der Waals surface area (Å²) in [5.74, 6) is 1.06. The Bertz CT molecular complexity index is 2620. The van der Waals surface area contributed by atoms with E-state index in [-0.39, 0.29) is 82.1 Å². The second-order valence-electron chi connectivity index (χ2n) is 17.6. The van der Waals surface area contributed by atoms with E-state index >= 15 is 8.78 Å². The Kier molecular flexibility index (Phi) is 12.0. The first kappa shape index (κ1) is 43.1. The lowest BCUT2D eigenvalue weighted by Crippen LogP contribution is -2.56. The van der Waals surface area contributed by atoms with E-state index in [1.54, 1.807) is 29.2 Å². The number of piperazine rings is 1.